The molecule has 0 rings (SSSR count). The Balaban J connectivity index is 3.66. The van der Waals surface area contributed by atoms with Crippen LogP contribution in [0.25, 0.3) is 0 Å². The molecule has 0 aromatic rings. The first-order valence-electron chi connectivity index (χ1n) is 18.1. The minimum Gasteiger partial charge on any atom is -0.394 e. The van der Waals surface area contributed by atoms with E-state index in [0.717, 1.165) is 32.1 Å². The maximum absolute atomic E-state index is 12.3. The second kappa shape index (κ2) is 33.4. The molecule has 4 nitrogen and oxygen atoms in total. The van der Waals surface area contributed by atoms with E-state index < -0.39 is 12.1 Å². The summed E-state index contributed by atoms with van der Waals surface area (Å²) in [6.45, 7) is 4.28. The highest BCUT2D eigenvalue weighted by atomic mass is 16.3. The van der Waals surface area contributed by atoms with Gasteiger partial charge in [0.25, 0.3) is 0 Å². The van der Waals surface area contributed by atoms with Crippen molar-refractivity contribution in [2.45, 2.75) is 199 Å². The van der Waals surface area contributed by atoms with E-state index in [-0.39, 0.29) is 12.5 Å². The van der Waals surface area contributed by atoms with E-state index in [0.29, 0.717) is 6.42 Å². The van der Waals surface area contributed by atoms with Gasteiger partial charge in [0, 0.05) is 6.42 Å². The molecule has 2 atom stereocenters. The summed E-state index contributed by atoms with van der Waals surface area (Å²) < 4.78 is 0. The normalized spacial score (nSPS) is 13.4. The Morgan fingerprint density at radius 1 is 0.561 bits per heavy atom. The first-order chi connectivity index (χ1) is 20.2. The van der Waals surface area contributed by atoms with E-state index in [1.165, 1.54) is 135 Å². The van der Waals surface area contributed by atoms with Gasteiger partial charge < -0.3 is 15.5 Å². The Labute approximate surface area is 256 Å². The van der Waals surface area contributed by atoms with Gasteiger partial charge in [0.1, 0.15) is 0 Å². The smallest absolute Gasteiger partial charge is 0.220 e. The summed E-state index contributed by atoms with van der Waals surface area (Å²) in [7, 11) is 0. The number of rotatable bonds is 32. The Bertz CT molecular complexity index is 589. The zero-order valence-corrected chi connectivity index (χ0v) is 27.6. The van der Waals surface area contributed by atoms with Crippen LogP contribution < -0.4 is 5.32 Å². The third-order valence-electron chi connectivity index (χ3n) is 8.19. The molecule has 0 aromatic heterocycles. The molecule has 0 fully saturated rings. The summed E-state index contributed by atoms with van der Waals surface area (Å²) in [5.74, 6) is -0.0758. The number of aliphatic hydroxyl groups is 2. The second-order valence-electron chi connectivity index (χ2n) is 12.3. The molecule has 0 spiro atoms. The standard InChI is InChI=1S/C37H71NO3/c1-3-5-7-9-11-13-15-16-17-18-19-20-21-23-24-26-28-30-32-36(40)35(34-39)38-37(41)33-31-29-27-25-22-14-12-10-8-6-4-2/h23-24,30,32,35-36,39-40H,3-22,25-29,31,33-34H2,1-2H3,(H,38,41)/b24-23+,32-30+. The van der Waals surface area contributed by atoms with Crippen molar-refractivity contribution in [2.24, 2.45) is 0 Å². The molecule has 41 heavy (non-hydrogen) atoms. The van der Waals surface area contributed by atoms with Crippen molar-refractivity contribution in [1.82, 2.24) is 5.32 Å². The lowest BCUT2D eigenvalue weighted by molar-refractivity contribution is -0.123. The lowest BCUT2D eigenvalue weighted by Crippen LogP contribution is -2.45. The largest absolute Gasteiger partial charge is 0.394 e. The highest BCUT2D eigenvalue weighted by Crippen LogP contribution is 2.14. The maximum atomic E-state index is 12.3. The SMILES string of the molecule is CCCCCCCCCCCCCC/C=C/CC/C=C/C(O)C(CO)NC(=O)CCCCCCCCCCCCC. The quantitative estimate of drug-likeness (QED) is 0.0550. The average molecular weight is 578 g/mol. The van der Waals surface area contributed by atoms with Gasteiger partial charge in [-0.15, -0.1) is 0 Å². The maximum Gasteiger partial charge on any atom is 0.220 e. The highest BCUT2D eigenvalue weighted by Gasteiger charge is 2.17. The van der Waals surface area contributed by atoms with Gasteiger partial charge in [-0.3, -0.25) is 4.79 Å². The highest BCUT2D eigenvalue weighted by molar-refractivity contribution is 5.76. The van der Waals surface area contributed by atoms with E-state index in [9.17, 15) is 15.0 Å². The van der Waals surface area contributed by atoms with E-state index in [2.05, 4.69) is 31.3 Å². The fourth-order valence-electron chi connectivity index (χ4n) is 5.37. The summed E-state index contributed by atoms with van der Waals surface area (Å²) in [5.41, 5.74) is 0. The van der Waals surface area contributed by atoms with Crippen molar-refractivity contribution < 1.29 is 15.0 Å². The fraction of sp³-hybridized carbons (Fsp3) is 0.865. The number of carbonyl (C=O) groups excluding carboxylic acids is 1. The van der Waals surface area contributed by atoms with E-state index in [4.69, 9.17) is 0 Å². The topological polar surface area (TPSA) is 69.6 Å². The molecule has 2 unspecified atom stereocenters. The van der Waals surface area contributed by atoms with Gasteiger partial charge in [0.2, 0.25) is 5.91 Å². The molecule has 0 aromatic carbocycles. The van der Waals surface area contributed by atoms with Gasteiger partial charge in [-0.2, -0.15) is 0 Å². The van der Waals surface area contributed by atoms with Crippen LogP contribution in [0, 0.1) is 0 Å². The monoisotopic (exact) mass is 578 g/mol. The van der Waals surface area contributed by atoms with Gasteiger partial charge in [-0.05, 0) is 32.1 Å². The molecule has 0 radical (unpaired) electrons. The van der Waals surface area contributed by atoms with Gasteiger partial charge in [-0.25, -0.2) is 0 Å². The van der Waals surface area contributed by atoms with E-state index in [1.807, 2.05) is 6.08 Å². The van der Waals surface area contributed by atoms with E-state index >= 15 is 0 Å². The van der Waals surface area contributed by atoms with Crippen LogP contribution in [0.1, 0.15) is 187 Å². The zero-order chi connectivity index (χ0) is 30.1. The fourth-order valence-corrected chi connectivity index (χ4v) is 5.37. The number of amides is 1. The molecular weight excluding hydrogens is 506 g/mol. The van der Waals surface area contributed by atoms with Crippen molar-refractivity contribution in [2.75, 3.05) is 6.61 Å². The number of unbranched alkanes of at least 4 members (excludes halogenated alkanes) is 23. The summed E-state index contributed by atoms with van der Waals surface area (Å²) in [6.07, 6.45) is 41.2. The van der Waals surface area contributed by atoms with Crippen LogP contribution >= 0.6 is 0 Å². The van der Waals surface area contributed by atoms with Crippen LogP contribution in [-0.2, 0) is 4.79 Å². The summed E-state index contributed by atoms with van der Waals surface area (Å²) in [6, 6.07) is -0.632. The van der Waals surface area contributed by atoms with Crippen LogP contribution in [0.2, 0.25) is 0 Å². The predicted molar refractivity (Wildman–Crippen MR) is 179 cm³/mol. The second-order valence-corrected chi connectivity index (χ2v) is 12.3. The van der Waals surface area contributed by atoms with Crippen LogP contribution in [-0.4, -0.2) is 34.9 Å². The number of allylic oxidation sites excluding steroid dienone is 3. The van der Waals surface area contributed by atoms with Crippen LogP contribution in [0.5, 0.6) is 0 Å². The van der Waals surface area contributed by atoms with Crippen molar-refractivity contribution in [3.05, 3.63) is 24.3 Å². The number of nitrogens with one attached hydrogen (secondary N) is 1. The van der Waals surface area contributed by atoms with Gasteiger partial charge >= 0.3 is 0 Å². The molecular formula is C37H71NO3. The Morgan fingerprint density at radius 2 is 0.951 bits per heavy atom. The average Bonchev–Trinajstić information content (AvgIpc) is 2.97. The van der Waals surface area contributed by atoms with Gasteiger partial charge in [0.05, 0.1) is 18.8 Å². The minimum atomic E-state index is -0.855. The molecule has 0 aliphatic heterocycles. The summed E-state index contributed by atoms with van der Waals surface area (Å²) in [5, 5.41) is 22.8. The molecule has 0 bridgehead atoms. The third-order valence-corrected chi connectivity index (χ3v) is 8.19. The minimum absolute atomic E-state index is 0.0758. The Morgan fingerprint density at radius 3 is 1.41 bits per heavy atom. The van der Waals surface area contributed by atoms with Gasteiger partial charge in [-0.1, -0.05) is 173 Å². The van der Waals surface area contributed by atoms with Crippen molar-refractivity contribution in [3.63, 3.8) is 0 Å². The number of hydrogen-bond donors (Lipinski definition) is 3. The molecule has 0 saturated heterocycles. The lowest BCUT2D eigenvalue weighted by Gasteiger charge is -2.19. The van der Waals surface area contributed by atoms with Crippen LogP contribution in [0.3, 0.4) is 0 Å². The summed E-state index contributed by atoms with van der Waals surface area (Å²) in [4.78, 5) is 12.3. The molecule has 0 saturated carbocycles. The first kappa shape index (κ1) is 39.9. The number of aliphatic hydroxyl groups excluding tert-OH is 2. The number of carbonyl (C=O) groups is 1. The number of hydrogen-bond acceptors (Lipinski definition) is 3. The molecule has 1 amide bonds. The molecule has 0 heterocycles. The molecule has 3 N–H and O–H groups in total. The Kier molecular flexibility index (Phi) is 32.5. The van der Waals surface area contributed by atoms with Gasteiger partial charge in [0.15, 0.2) is 0 Å². The van der Waals surface area contributed by atoms with E-state index in [1.54, 1.807) is 6.08 Å². The van der Waals surface area contributed by atoms with Crippen LogP contribution in [0.4, 0.5) is 0 Å². The van der Waals surface area contributed by atoms with Crippen molar-refractivity contribution in [3.8, 4) is 0 Å². The predicted octanol–water partition coefficient (Wildman–Crippen LogP) is 10.5. The molecule has 0 aliphatic carbocycles. The third kappa shape index (κ3) is 30.1. The summed E-state index contributed by atoms with van der Waals surface area (Å²) >= 11 is 0. The molecule has 0 aliphatic rings. The van der Waals surface area contributed by atoms with Crippen molar-refractivity contribution >= 4 is 5.91 Å². The Hall–Kier alpha value is -1.13. The van der Waals surface area contributed by atoms with Crippen molar-refractivity contribution in [1.29, 1.82) is 0 Å². The molecule has 242 valence electrons. The van der Waals surface area contributed by atoms with Crippen LogP contribution in [0.15, 0.2) is 24.3 Å². The lowest BCUT2D eigenvalue weighted by atomic mass is 10.0. The zero-order valence-electron chi connectivity index (χ0n) is 27.6. The molecule has 4 heteroatoms. The first-order valence-corrected chi connectivity index (χ1v) is 18.1.